The van der Waals surface area contributed by atoms with Crippen LogP contribution in [0.15, 0.2) is 54.6 Å². The fourth-order valence-corrected chi connectivity index (χ4v) is 5.07. The minimum absolute atomic E-state index is 0.0757. The first-order chi connectivity index (χ1) is 16.4. The lowest BCUT2D eigenvalue weighted by atomic mass is 9.92. The number of anilines is 1. The Morgan fingerprint density at radius 1 is 1.00 bits per heavy atom. The molecule has 1 atom stereocenters. The van der Waals surface area contributed by atoms with Crippen LogP contribution in [0.5, 0.6) is 17.2 Å². The Kier molecular flexibility index (Phi) is 7.83. The highest BCUT2D eigenvalue weighted by molar-refractivity contribution is 14.1. The molecule has 5 nitrogen and oxygen atoms in total. The fraction of sp³-hybridized carbons (Fsp3) is 0.296. The quantitative estimate of drug-likeness (QED) is 0.270. The first-order valence-electron chi connectivity index (χ1n) is 11.2. The summed E-state index contributed by atoms with van der Waals surface area (Å²) in [7, 11) is 3.33. The van der Waals surface area contributed by atoms with Crippen LogP contribution in [0.3, 0.4) is 0 Å². The van der Waals surface area contributed by atoms with Gasteiger partial charge in [-0.1, -0.05) is 6.07 Å². The minimum atomic E-state index is -0.0757. The third kappa shape index (κ3) is 5.58. The van der Waals surface area contributed by atoms with Gasteiger partial charge < -0.3 is 24.4 Å². The van der Waals surface area contributed by atoms with Crippen molar-refractivity contribution in [3.05, 3.63) is 80.4 Å². The molecule has 1 aliphatic heterocycles. The van der Waals surface area contributed by atoms with Gasteiger partial charge in [0.15, 0.2) is 16.6 Å². The van der Waals surface area contributed by atoms with Gasteiger partial charge in [0.25, 0.3) is 0 Å². The van der Waals surface area contributed by atoms with Gasteiger partial charge in [0.05, 0.1) is 20.3 Å². The van der Waals surface area contributed by atoms with Crippen molar-refractivity contribution < 1.29 is 14.2 Å². The molecule has 0 aliphatic carbocycles. The Labute approximate surface area is 220 Å². The van der Waals surface area contributed by atoms with Crippen LogP contribution in [0.4, 0.5) is 5.69 Å². The number of fused-ring (bicyclic) bond motifs is 1. The van der Waals surface area contributed by atoms with E-state index in [1.807, 2.05) is 12.1 Å². The number of nitrogens with one attached hydrogen (secondary N) is 1. The monoisotopic (exact) mass is 588 g/mol. The second-order valence-corrected chi connectivity index (χ2v) is 10.1. The number of halogens is 1. The number of thiocarbonyl (C=S) groups is 1. The van der Waals surface area contributed by atoms with Crippen molar-refractivity contribution >= 4 is 45.6 Å². The zero-order valence-electron chi connectivity index (χ0n) is 19.9. The van der Waals surface area contributed by atoms with E-state index in [9.17, 15) is 0 Å². The highest BCUT2D eigenvalue weighted by Gasteiger charge is 2.31. The van der Waals surface area contributed by atoms with Crippen LogP contribution >= 0.6 is 34.8 Å². The Morgan fingerprint density at radius 2 is 1.65 bits per heavy atom. The summed E-state index contributed by atoms with van der Waals surface area (Å²) in [4.78, 5) is 2.21. The molecule has 34 heavy (non-hydrogen) atoms. The molecule has 0 fully saturated rings. The summed E-state index contributed by atoms with van der Waals surface area (Å²) in [6, 6.07) is 18.6. The molecule has 178 valence electrons. The summed E-state index contributed by atoms with van der Waals surface area (Å²) < 4.78 is 18.7. The van der Waals surface area contributed by atoms with Crippen LogP contribution in [-0.4, -0.2) is 37.4 Å². The molecule has 0 spiro atoms. The Hall–Kier alpha value is -2.52. The van der Waals surface area contributed by atoms with Crippen LogP contribution in [-0.2, 0) is 6.42 Å². The molecule has 1 aliphatic rings. The van der Waals surface area contributed by atoms with Crippen molar-refractivity contribution in [1.29, 1.82) is 0 Å². The van der Waals surface area contributed by atoms with E-state index in [1.165, 1.54) is 20.3 Å². The predicted octanol–water partition coefficient (Wildman–Crippen LogP) is 6.30. The normalized spacial score (nSPS) is 14.9. The summed E-state index contributed by atoms with van der Waals surface area (Å²) in [6.45, 7) is 5.40. The maximum Gasteiger partial charge on any atom is 0.174 e. The number of rotatable bonds is 6. The molecule has 0 amide bonds. The van der Waals surface area contributed by atoms with Gasteiger partial charge in [-0.2, -0.15) is 0 Å². The van der Waals surface area contributed by atoms with E-state index in [0.29, 0.717) is 17.5 Å². The zero-order valence-corrected chi connectivity index (χ0v) is 22.8. The average molecular weight is 589 g/mol. The van der Waals surface area contributed by atoms with Crippen LogP contribution in [0, 0.1) is 17.4 Å². The number of aryl methyl sites for hydroxylation is 2. The standard InChI is InChI=1S/C27H29IN2O3S/c1-17-11-18(2)13-22(12-17)33-16-24-23-15-26(32-4)25(31-3)14-19(23)9-10-30(24)27(34)29-21-7-5-20(28)6-8-21/h5-8,11-15,24H,9-10,16H2,1-4H3,(H,29,34). The molecule has 3 aromatic carbocycles. The molecule has 4 rings (SSSR count). The molecular formula is C27H29IN2O3S. The van der Waals surface area contributed by atoms with E-state index in [0.717, 1.165) is 35.7 Å². The topological polar surface area (TPSA) is 43.0 Å². The molecule has 0 saturated heterocycles. The number of methoxy groups -OCH3 is 2. The molecule has 0 saturated carbocycles. The lowest BCUT2D eigenvalue weighted by Gasteiger charge is -2.39. The molecule has 7 heteroatoms. The van der Waals surface area contributed by atoms with E-state index in [4.69, 9.17) is 26.4 Å². The summed E-state index contributed by atoms with van der Waals surface area (Å²) in [5, 5.41) is 4.09. The van der Waals surface area contributed by atoms with Gasteiger partial charge in [-0.15, -0.1) is 0 Å². The van der Waals surface area contributed by atoms with E-state index in [-0.39, 0.29) is 6.04 Å². The molecule has 1 heterocycles. The number of hydrogen-bond acceptors (Lipinski definition) is 4. The maximum atomic E-state index is 6.34. The van der Waals surface area contributed by atoms with Crippen LogP contribution < -0.4 is 19.5 Å². The van der Waals surface area contributed by atoms with Crippen molar-refractivity contribution in [2.24, 2.45) is 0 Å². The van der Waals surface area contributed by atoms with Crippen LogP contribution in [0.25, 0.3) is 0 Å². The van der Waals surface area contributed by atoms with Gasteiger partial charge in [-0.25, -0.2) is 0 Å². The molecule has 3 aromatic rings. The van der Waals surface area contributed by atoms with Crippen molar-refractivity contribution in [2.45, 2.75) is 26.3 Å². The van der Waals surface area contributed by atoms with E-state index < -0.39 is 0 Å². The lowest BCUT2D eigenvalue weighted by molar-refractivity contribution is 0.190. The SMILES string of the molecule is COc1cc2c(cc1OC)C(COc1cc(C)cc(C)c1)N(C(=S)Nc1ccc(I)cc1)CC2. The summed E-state index contributed by atoms with van der Waals surface area (Å²) >= 11 is 8.18. The van der Waals surface area contributed by atoms with Crippen LogP contribution in [0.1, 0.15) is 28.3 Å². The van der Waals surface area contributed by atoms with E-state index in [2.05, 4.69) is 89.1 Å². The van der Waals surface area contributed by atoms with Crippen molar-refractivity contribution in [2.75, 3.05) is 32.7 Å². The smallest absolute Gasteiger partial charge is 0.174 e. The third-order valence-corrected chi connectivity index (χ3v) is 7.02. The van der Waals surface area contributed by atoms with Gasteiger partial charge in [0, 0.05) is 15.8 Å². The largest absolute Gasteiger partial charge is 0.493 e. The third-order valence-electron chi connectivity index (χ3n) is 5.96. The fourth-order valence-electron chi connectivity index (χ4n) is 4.37. The highest BCUT2D eigenvalue weighted by atomic mass is 127. The zero-order chi connectivity index (χ0) is 24.2. The first-order valence-corrected chi connectivity index (χ1v) is 12.7. The Bertz CT molecular complexity index is 1160. The lowest BCUT2D eigenvalue weighted by Crippen LogP contribution is -2.44. The van der Waals surface area contributed by atoms with Gasteiger partial charge in [0.1, 0.15) is 12.4 Å². The number of nitrogens with zero attached hydrogens (tertiary/aromatic N) is 1. The first kappa shape index (κ1) is 24.6. The second-order valence-electron chi connectivity index (χ2n) is 8.44. The van der Waals surface area contributed by atoms with E-state index >= 15 is 0 Å². The van der Waals surface area contributed by atoms with Crippen LogP contribution in [0.2, 0.25) is 0 Å². The van der Waals surface area contributed by atoms with Crippen molar-refractivity contribution in [1.82, 2.24) is 4.90 Å². The minimum Gasteiger partial charge on any atom is -0.493 e. The highest BCUT2D eigenvalue weighted by Crippen LogP contribution is 2.38. The molecule has 0 bridgehead atoms. The molecule has 0 aromatic heterocycles. The molecule has 1 N–H and O–H groups in total. The maximum absolute atomic E-state index is 6.34. The van der Waals surface area contributed by atoms with E-state index in [1.54, 1.807) is 14.2 Å². The summed E-state index contributed by atoms with van der Waals surface area (Å²) in [5.41, 5.74) is 5.69. The molecular weight excluding hydrogens is 559 g/mol. The van der Waals surface area contributed by atoms with Crippen molar-refractivity contribution in [3.8, 4) is 17.2 Å². The predicted molar refractivity (Wildman–Crippen MR) is 149 cm³/mol. The number of hydrogen-bond donors (Lipinski definition) is 1. The number of benzene rings is 3. The van der Waals surface area contributed by atoms with Gasteiger partial charge in [-0.3, -0.25) is 0 Å². The summed E-state index contributed by atoms with van der Waals surface area (Å²) in [6.07, 6.45) is 0.851. The Morgan fingerprint density at radius 3 is 2.29 bits per heavy atom. The van der Waals surface area contributed by atoms with Gasteiger partial charge >= 0.3 is 0 Å². The second kappa shape index (κ2) is 10.8. The summed E-state index contributed by atoms with van der Waals surface area (Å²) in [5.74, 6) is 2.31. The molecule has 0 radical (unpaired) electrons. The van der Waals surface area contributed by atoms with Gasteiger partial charge in [0.2, 0.25) is 0 Å². The number of ether oxygens (including phenoxy) is 3. The van der Waals surface area contributed by atoms with Gasteiger partial charge in [-0.05, 0) is 126 Å². The van der Waals surface area contributed by atoms with Crippen molar-refractivity contribution in [3.63, 3.8) is 0 Å². The Balaban J connectivity index is 1.65. The molecule has 1 unspecified atom stereocenters. The average Bonchev–Trinajstić information content (AvgIpc) is 2.82.